The van der Waals surface area contributed by atoms with Gasteiger partial charge in [-0.05, 0) is 30.4 Å². The van der Waals surface area contributed by atoms with Gasteiger partial charge in [0.2, 0.25) is 5.78 Å². The van der Waals surface area contributed by atoms with Gasteiger partial charge in [-0.25, -0.2) is 0 Å². The predicted molar refractivity (Wildman–Crippen MR) is 87.1 cm³/mol. The van der Waals surface area contributed by atoms with Crippen molar-refractivity contribution in [3.8, 4) is 0 Å². The molecule has 1 fully saturated rings. The fraction of sp³-hybridized carbons (Fsp3) is 0.188. The minimum Gasteiger partial charge on any atom is -0.356 e. The average Bonchev–Trinajstić information content (AvgIpc) is 3.03. The molecule has 0 bridgehead atoms. The number of carbonyl (C=O) groups excluding carboxylic acids is 2. The van der Waals surface area contributed by atoms with E-state index in [1.807, 2.05) is 17.5 Å². The maximum absolute atomic E-state index is 12.2. The molecule has 3 aromatic rings. The van der Waals surface area contributed by atoms with Crippen LogP contribution in [-0.2, 0) is 0 Å². The molecule has 0 unspecified atom stereocenters. The molecule has 0 aliphatic heterocycles. The summed E-state index contributed by atoms with van der Waals surface area (Å²) in [6.45, 7) is 0. The van der Waals surface area contributed by atoms with E-state index in [1.165, 1.54) is 24.2 Å². The number of hydrogen-bond acceptors (Lipinski definition) is 4. The van der Waals surface area contributed by atoms with Gasteiger partial charge in [0.1, 0.15) is 5.69 Å². The highest BCUT2D eigenvalue weighted by molar-refractivity contribution is 7.12. The van der Waals surface area contributed by atoms with Crippen LogP contribution in [0.1, 0.15) is 50.2 Å². The Morgan fingerprint density at radius 2 is 2.17 bits per heavy atom. The van der Waals surface area contributed by atoms with E-state index in [9.17, 15) is 9.59 Å². The first-order chi connectivity index (χ1) is 11.2. The third-order valence-corrected chi connectivity index (χ3v) is 4.66. The summed E-state index contributed by atoms with van der Waals surface area (Å²) in [5, 5.41) is 11.6. The second-order valence-electron chi connectivity index (χ2n) is 5.55. The summed E-state index contributed by atoms with van der Waals surface area (Å²) in [6, 6.07) is 7.01. The molecule has 6 nitrogen and oxygen atoms in total. The second-order valence-corrected chi connectivity index (χ2v) is 6.49. The number of thiophene rings is 1. The number of aromatic amines is 2. The molecule has 0 saturated heterocycles. The first-order valence-electron chi connectivity index (χ1n) is 7.34. The first-order valence-corrected chi connectivity index (χ1v) is 8.22. The van der Waals surface area contributed by atoms with Crippen LogP contribution in [0.15, 0.2) is 35.8 Å². The monoisotopic (exact) mass is 326 g/mol. The number of nitrogens with one attached hydrogen (secondary N) is 3. The summed E-state index contributed by atoms with van der Waals surface area (Å²) in [6.07, 6.45) is 3.89. The van der Waals surface area contributed by atoms with Gasteiger partial charge in [0, 0.05) is 29.4 Å². The average molecular weight is 326 g/mol. The Balaban J connectivity index is 1.47. The maximum Gasteiger partial charge on any atom is 0.273 e. The van der Waals surface area contributed by atoms with Crippen LogP contribution in [0, 0.1) is 0 Å². The molecule has 7 heteroatoms. The highest BCUT2D eigenvalue weighted by Crippen LogP contribution is 2.39. The van der Waals surface area contributed by atoms with E-state index in [0.29, 0.717) is 27.9 Å². The summed E-state index contributed by atoms with van der Waals surface area (Å²) < 4.78 is 0. The Morgan fingerprint density at radius 1 is 1.30 bits per heavy atom. The zero-order valence-corrected chi connectivity index (χ0v) is 12.9. The Bertz CT molecular complexity index is 858. The first kappa shape index (κ1) is 14.0. The fourth-order valence-corrected chi connectivity index (χ4v) is 3.08. The summed E-state index contributed by atoms with van der Waals surface area (Å²) in [5.74, 6) is 0.640. The Hall–Kier alpha value is -2.67. The number of aromatic nitrogens is 3. The molecule has 0 aromatic carbocycles. The van der Waals surface area contributed by atoms with Crippen molar-refractivity contribution >= 4 is 28.8 Å². The van der Waals surface area contributed by atoms with Crippen molar-refractivity contribution in [3.63, 3.8) is 0 Å². The number of anilines is 1. The van der Waals surface area contributed by atoms with Crippen LogP contribution in [0.25, 0.3) is 0 Å². The molecule has 0 spiro atoms. The smallest absolute Gasteiger partial charge is 0.273 e. The predicted octanol–water partition coefficient (Wildman–Crippen LogP) is 3.16. The number of carbonyl (C=O) groups is 2. The molecular formula is C16H14N4O2S. The van der Waals surface area contributed by atoms with Gasteiger partial charge < -0.3 is 10.3 Å². The van der Waals surface area contributed by atoms with E-state index in [-0.39, 0.29) is 11.7 Å². The minimum absolute atomic E-state index is 0.0916. The molecule has 0 atom stereocenters. The molecule has 4 rings (SSSR count). The van der Waals surface area contributed by atoms with Gasteiger partial charge in [0.15, 0.2) is 5.82 Å². The van der Waals surface area contributed by atoms with Crippen molar-refractivity contribution in [2.75, 3.05) is 5.32 Å². The molecular weight excluding hydrogens is 312 g/mol. The Morgan fingerprint density at radius 3 is 2.91 bits per heavy atom. The molecule has 116 valence electrons. The number of amides is 1. The van der Waals surface area contributed by atoms with Crippen molar-refractivity contribution < 1.29 is 9.59 Å². The fourth-order valence-electron chi connectivity index (χ4n) is 2.39. The number of nitrogens with zero attached hydrogens (tertiary/aromatic N) is 1. The van der Waals surface area contributed by atoms with E-state index in [2.05, 4.69) is 20.5 Å². The molecule has 0 radical (unpaired) electrons. The SMILES string of the molecule is O=C(Nc1cc(C2CC2)[nH]n1)c1cc(C(=O)c2cccs2)c[nH]1. The summed E-state index contributed by atoms with van der Waals surface area (Å²) in [4.78, 5) is 27.9. The molecule has 3 N–H and O–H groups in total. The van der Waals surface area contributed by atoms with E-state index in [1.54, 1.807) is 18.3 Å². The van der Waals surface area contributed by atoms with Gasteiger partial charge in [-0.2, -0.15) is 5.10 Å². The highest BCUT2D eigenvalue weighted by atomic mass is 32.1. The quantitative estimate of drug-likeness (QED) is 0.629. The number of H-pyrrole nitrogens is 2. The van der Waals surface area contributed by atoms with Crippen molar-refractivity contribution in [2.24, 2.45) is 0 Å². The summed E-state index contributed by atoms with van der Waals surface area (Å²) >= 11 is 1.38. The largest absolute Gasteiger partial charge is 0.356 e. The lowest BCUT2D eigenvalue weighted by Gasteiger charge is -1.98. The van der Waals surface area contributed by atoms with Gasteiger partial charge in [-0.15, -0.1) is 11.3 Å². The number of ketones is 1. The van der Waals surface area contributed by atoms with Crippen molar-refractivity contribution in [1.29, 1.82) is 0 Å². The second kappa shape index (κ2) is 5.51. The van der Waals surface area contributed by atoms with Crippen LogP contribution in [0.2, 0.25) is 0 Å². The van der Waals surface area contributed by atoms with Crippen LogP contribution >= 0.6 is 11.3 Å². The molecule has 1 aliphatic carbocycles. The number of rotatable bonds is 5. The van der Waals surface area contributed by atoms with Crippen LogP contribution in [0.5, 0.6) is 0 Å². The van der Waals surface area contributed by atoms with Gasteiger partial charge in [-0.1, -0.05) is 6.07 Å². The molecule has 1 amide bonds. The standard InChI is InChI=1S/C16H14N4O2S/c21-15(13-2-1-5-23-13)10-6-12(17-8-10)16(22)18-14-7-11(19-20-14)9-3-4-9/h1-2,5-9,17H,3-4H2,(H2,18,19,20,22). The van der Waals surface area contributed by atoms with Crippen LogP contribution in [0.4, 0.5) is 5.82 Å². The van der Waals surface area contributed by atoms with E-state index >= 15 is 0 Å². The summed E-state index contributed by atoms with van der Waals surface area (Å²) in [5.41, 5.74) is 1.86. The normalized spacial score (nSPS) is 13.9. The number of hydrogen-bond donors (Lipinski definition) is 3. The molecule has 1 aliphatic rings. The lowest BCUT2D eigenvalue weighted by atomic mass is 10.2. The van der Waals surface area contributed by atoms with E-state index in [0.717, 1.165) is 5.69 Å². The van der Waals surface area contributed by atoms with Crippen LogP contribution in [0.3, 0.4) is 0 Å². The topological polar surface area (TPSA) is 90.6 Å². The summed E-state index contributed by atoms with van der Waals surface area (Å²) in [7, 11) is 0. The zero-order chi connectivity index (χ0) is 15.8. The zero-order valence-electron chi connectivity index (χ0n) is 12.1. The lowest BCUT2D eigenvalue weighted by molar-refractivity contribution is 0.102. The van der Waals surface area contributed by atoms with E-state index < -0.39 is 0 Å². The molecule has 3 heterocycles. The van der Waals surface area contributed by atoms with Crippen molar-refractivity contribution in [3.05, 3.63) is 57.7 Å². The van der Waals surface area contributed by atoms with E-state index in [4.69, 9.17) is 0 Å². The Labute approximate surface area is 135 Å². The Kier molecular flexibility index (Phi) is 3.34. The van der Waals surface area contributed by atoms with Gasteiger partial charge in [0.05, 0.1) is 4.88 Å². The maximum atomic E-state index is 12.2. The minimum atomic E-state index is -0.316. The lowest BCUT2D eigenvalue weighted by Crippen LogP contribution is -2.12. The van der Waals surface area contributed by atoms with Gasteiger partial charge in [-0.3, -0.25) is 14.7 Å². The van der Waals surface area contributed by atoms with Crippen molar-refractivity contribution in [1.82, 2.24) is 15.2 Å². The van der Waals surface area contributed by atoms with Gasteiger partial charge >= 0.3 is 0 Å². The van der Waals surface area contributed by atoms with Crippen LogP contribution in [-0.4, -0.2) is 26.9 Å². The molecule has 3 aromatic heterocycles. The van der Waals surface area contributed by atoms with Gasteiger partial charge in [0.25, 0.3) is 5.91 Å². The highest BCUT2D eigenvalue weighted by Gasteiger charge is 2.26. The third kappa shape index (κ3) is 2.83. The van der Waals surface area contributed by atoms with Crippen LogP contribution < -0.4 is 5.32 Å². The molecule has 23 heavy (non-hydrogen) atoms. The third-order valence-electron chi connectivity index (χ3n) is 3.79. The van der Waals surface area contributed by atoms with Crippen molar-refractivity contribution in [2.45, 2.75) is 18.8 Å². The molecule has 1 saturated carbocycles.